The number of nitrogens with zero attached hydrogens (tertiary/aromatic N) is 1. The smallest absolute Gasteiger partial charge is 0.275 e. The Morgan fingerprint density at radius 3 is 2.65 bits per heavy atom. The number of rotatable bonds is 7. The van der Waals surface area contributed by atoms with Crippen LogP contribution in [0.1, 0.15) is 50.7 Å². The van der Waals surface area contributed by atoms with Gasteiger partial charge in [0.25, 0.3) is 5.69 Å². The van der Waals surface area contributed by atoms with Crippen molar-refractivity contribution in [1.82, 2.24) is 0 Å². The molecule has 4 heteroatoms. The lowest BCUT2D eigenvalue weighted by atomic mass is 10.0. The predicted molar refractivity (Wildman–Crippen MR) is 66.8 cm³/mol. The summed E-state index contributed by atoms with van der Waals surface area (Å²) in [6.45, 7) is 2.12. The van der Waals surface area contributed by atoms with E-state index in [0.717, 1.165) is 25.7 Å². The maximum atomic E-state index is 10.8. The van der Waals surface area contributed by atoms with Gasteiger partial charge >= 0.3 is 0 Å². The zero-order chi connectivity index (χ0) is 12.7. The SMILES string of the molecule is CCCCCCC(O)c1ccccc1[N+](=O)[O-]. The number of aliphatic hydroxyl groups is 1. The monoisotopic (exact) mass is 237 g/mol. The Bertz CT molecular complexity index is 365. The molecule has 0 spiro atoms. The van der Waals surface area contributed by atoms with Gasteiger partial charge in [0, 0.05) is 6.07 Å². The quantitative estimate of drug-likeness (QED) is 0.447. The molecule has 17 heavy (non-hydrogen) atoms. The number of aliphatic hydroxyl groups excluding tert-OH is 1. The fourth-order valence-electron chi connectivity index (χ4n) is 1.86. The Kier molecular flexibility index (Phi) is 5.63. The zero-order valence-electron chi connectivity index (χ0n) is 10.1. The summed E-state index contributed by atoms with van der Waals surface area (Å²) in [6, 6.07) is 6.40. The second-order valence-electron chi connectivity index (χ2n) is 4.18. The molecule has 0 aliphatic heterocycles. The molecule has 0 aliphatic rings. The van der Waals surface area contributed by atoms with Gasteiger partial charge < -0.3 is 5.11 Å². The van der Waals surface area contributed by atoms with E-state index in [1.165, 1.54) is 6.07 Å². The predicted octanol–water partition coefficient (Wildman–Crippen LogP) is 3.60. The normalized spacial score (nSPS) is 12.4. The van der Waals surface area contributed by atoms with Crippen molar-refractivity contribution in [3.05, 3.63) is 39.9 Å². The van der Waals surface area contributed by atoms with Gasteiger partial charge in [0.15, 0.2) is 0 Å². The fraction of sp³-hybridized carbons (Fsp3) is 0.538. The van der Waals surface area contributed by atoms with E-state index in [0.29, 0.717) is 12.0 Å². The number of unbranched alkanes of at least 4 members (excludes halogenated alkanes) is 3. The summed E-state index contributed by atoms with van der Waals surface area (Å²) < 4.78 is 0. The first-order valence-electron chi connectivity index (χ1n) is 6.08. The molecule has 0 radical (unpaired) electrons. The van der Waals surface area contributed by atoms with Crippen molar-refractivity contribution < 1.29 is 10.0 Å². The standard InChI is InChI=1S/C13H19NO3/c1-2-3-4-5-10-13(15)11-8-6-7-9-12(11)14(16)17/h6-9,13,15H,2-5,10H2,1H3. The molecule has 0 saturated carbocycles. The largest absolute Gasteiger partial charge is 0.388 e. The van der Waals surface area contributed by atoms with Crippen LogP contribution < -0.4 is 0 Å². The third kappa shape index (κ3) is 4.15. The molecule has 1 atom stereocenters. The van der Waals surface area contributed by atoms with Crippen LogP contribution >= 0.6 is 0 Å². The summed E-state index contributed by atoms with van der Waals surface area (Å²) in [4.78, 5) is 10.4. The third-order valence-corrected chi connectivity index (χ3v) is 2.82. The molecule has 0 fully saturated rings. The number of nitro groups is 1. The number of para-hydroxylation sites is 1. The van der Waals surface area contributed by atoms with E-state index in [1.807, 2.05) is 0 Å². The van der Waals surface area contributed by atoms with E-state index in [2.05, 4.69) is 6.92 Å². The van der Waals surface area contributed by atoms with E-state index < -0.39 is 11.0 Å². The molecule has 1 N–H and O–H groups in total. The van der Waals surface area contributed by atoms with Gasteiger partial charge in [0.05, 0.1) is 16.6 Å². The minimum Gasteiger partial charge on any atom is -0.388 e. The molecule has 0 amide bonds. The van der Waals surface area contributed by atoms with E-state index in [4.69, 9.17) is 0 Å². The summed E-state index contributed by atoms with van der Waals surface area (Å²) in [5, 5.41) is 20.7. The third-order valence-electron chi connectivity index (χ3n) is 2.82. The lowest BCUT2D eigenvalue weighted by Gasteiger charge is -2.10. The highest BCUT2D eigenvalue weighted by Gasteiger charge is 2.18. The van der Waals surface area contributed by atoms with Crippen LogP contribution in [0.15, 0.2) is 24.3 Å². The first kappa shape index (κ1) is 13.6. The van der Waals surface area contributed by atoms with Crippen LogP contribution in [0, 0.1) is 10.1 Å². The average Bonchev–Trinajstić information content (AvgIpc) is 2.34. The van der Waals surface area contributed by atoms with Gasteiger partial charge in [0.1, 0.15) is 0 Å². The van der Waals surface area contributed by atoms with Gasteiger partial charge in [-0.2, -0.15) is 0 Å². The van der Waals surface area contributed by atoms with Crippen LogP contribution in [0.2, 0.25) is 0 Å². The second-order valence-corrected chi connectivity index (χ2v) is 4.18. The molecule has 4 nitrogen and oxygen atoms in total. The summed E-state index contributed by atoms with van der Waals surface area (Å²) in [6.07, 6.45) is 4.11. The van der Waals surface area contributed by atoms with Gasteiger partial charge in [-0.3, -0.25) is 10.1 Å². The highest BCUT2D eigenvalue weighted by Crippen LogP contribution is 2.28. The van der Waals surface area contributed by atoms with Crippen LogP contribution in [0.5, 0.6) is 0 Å². The molecule has 1 aromatic carbocycles. The van der Waals surface area contributed by atoms with Crippen molar-refractivity contribution in [1.29, 1.82) is 0 Å². The summed E-state index contributed by atoms with van der Waals surface area (Å²) >= 11 is 0. The van der Waals surface area contributed by atoms with Crippen LogP contribution in [0.3, 0.4) is 0 Å². The molecule has 0 aliphatic carbocycles. The Morgan fingerprint density at radius 1 is 1.29 bits per heavy atom. The van der Waals surface area contributed by atoms with Crippen LogP contribution in [-0.4, -0.2) is 10.0 Å². The molecule has 1 unspecified atom stereocenters. The van der Waals surface area contributed by atoms with Crippen molar-refractivity contribution in [3.63, 3.8) is 0 Å². The fourth-order valence-corrected chi connectivity index (χ4v) is 1.86. The topological polar surface area (TPSA) is 63.4 Å². The Morgan fingerprint density at radius 2 is 2.00 bits per heavy atom. The van der Waals surface area contributed by atoms with Crippen molar-refractivity contribution in [2.75, 3.05) is 0 Å². The molecule has 94 valence electrons. The van der Waals surface area contributed by atoms with Crippen molar-refractivity contribution in [2.45, 2.75) is 45.1 Å². The van der Waals surface area contributed by atoms with Crippen molar-refractivity contribution in [2.24, 2.45) is 0 Å². The molecule has 0 heterocycles. The van der Waals surface area contributed by atoms with Gasteiger partial charge in [0.2, 0.25) is 0 Å². The Labute approximate surface area is 101 Å². The highest BCUT2D eigenvalue weighted by molar-refractivity contribution is 5.41. The molecular weight excluding hydrogens is 218 g/mol. The first-order valence-corrected chi connectivity index (χ1v) is 6.08. The number of nitro benzene ring substituents is 1. The number of benzene rings is 1. The first-order chi connectivity index (χ1) is 8.16. The molecule has 1 rings (SSSR count). The van der Waals surface area contributed by atoms with E-state index in [1.54, 1.807) is 18.2 Å². The second kappa shape index (κ2) is 7.01. The van der Waals surface area contributed by atoms with Crippen LogP contribution in [0.25, 0.3) is 0 Å². The lowest BCUT2D eigenvalue weighted by Crippen LogP contribution is -2.02. The molecule has 0 saturated heterocycles. The highest BCUT2D eigenvalue weighted by atomic mass is 16.6. The summed E-state index contributed by atoms with van der Waals surface area (Å²) in [5.74, 6) is 0. The molecule has 1 aromatic rings. The van der Waals surface area contributed by atoms with Gasteiger partial charge in [-0.1, -0.05) is 44.7 Å². The van der Waals surface area contributed by atoms with E-state index in [-0.39, 0.29) is 5.69 Å². The summed E-state index contributed by atoms with van der Waals surface area (Å²) in [7, 11) is 0. The van der Waals surface area contributed by atoms with Crippen molar-refractivity contribution >= 4 is 5.69 Å². The molecule has 0 aromatic heterocycles. The number of hydrogen-bond acceptors (Lipinski definition) is 3. The molecule has 0 bridgehead atoms. The average molecular weight is 237 g/mol. The number of hydrogen-bond donors (Lipinski definition) is 1. The minimum absolute atomic E-state index is 0.00971. The lowest BCUT2D eigenvalue weighted by molar-refractivity contribution is -0.386. The van der Waals surface area contributed by atoms with E-state index in [9.17, 15) is 15.2 Å². The Balaban J connectivity index is 2.62. The summed E-state index contributed by atoms with van der Waals surface area (Å²) in [5.41, 5.74) is 0.435. The zero-order valence-corrected chi connectivity index (χ0v) is 10.1. The van der Waals surface area contributed by atoms with Crippen molar-refractivity contribution in [3.8, 4) is 0 Å². The maximum Gasteiger partial charge on any atom is 0.275 e. The minimum atomic E-state index is -0.728. The molecular formula is C13H19NO3. The van der Waals surface area contributed by atoms with E-state index >= 15 is 0 Å². The van der Waals surface area contributed by atoms with Gasteiger partial charge in [-0.15, -0.1) is 0 Å². The van der Waals surface area contributed by atoms with Gasteiger partial charge in [-0.25, -0.2) is 0 Å². The Hall–Kier alpha value is -1.42. The maximum absolute atomic E-state index is 10.8. The van der Waals surface area contributed by atoms with Gasteiger partial charge in [-0.05, 0) is 12.5 Å². The van der Waals surface area contributed by atoms with Crippen LogP contribution in [-0.2, 0) is 0 Å². The van der Waals surface area contributed by atoms with Crippen LogP contribution in [0.4, 0.5) is 5.69 Å².